The van der Waals surface area contributed by atoms with Crippen LogP contribution in [0.5, 0.6) is 0 Å². The molecule has 158 valence electrons. The molecule has 0 radical (unpaired) electrons. The van der Waals surface area contributed by atoms with Crippen molar-refractivity contribution in [1.82, 2.24) is 9.80 Å². The van der Waals surface area contributed by atoms with Crippen molar-refractivity contribution in [2.24, 2.45) is 5.92 Å². The van der Waals surface area contributed by atoms with Gasteiger partial charge in [0.05, 0.1) is 11.4 Å². The number of sulfonamides is 1. The Hall–Kier alpha value is -2.29. The molecule has 0 spiro atoms. The highest BCUT2D eigenvalue weighted by atomic mass is 32.2. The van der Waals surface area contributed by atoms with Gasteiger partial charge in [-0.3, -0.25) is 9.10 Å². The summed E-state index contributed by atoms with van der Waals surface area (Å²) in [5.41, 5.74) is 1.29. The zero-order valence-electron chi connectivity index (χ0n) is 16.5. The molecule has 1 aromatic rings. The predicted molar refractivity (Wildman–Crippen MR) is 111 cm³/mol. The zero-order valence-corrected chi connectivity index (χ0v) is 17.4. The van der Waals surface area contributed by atoms with Crippen molar-refractivity contribution in [1.29, 1.82) is 0 Å². The Bertz CT molecular complexity index is 857. The maximum atomic E-state index is 12.6. The lowest BCUT2D eigenvalue weighted by Gasteiger charge is -2.34. The smallest absolute Gasteiger partial charge is 0.319 e. The number of rotatable bonds is 3. The van der Waals surface area contributed by atoms with Crippen LogP contribution in [-0.2, 0) is 14.8 Å². The number of piperidine rings is 1. The van der Waals surface area contributed by atoms with E-state index in [1.165, 1.54) is 4.31 Å². The predicted octanol–water partition coefficient (Wildman–Crippen LogP) is 2.09. The summed E-state index contributed by atoms with van der Waals surface area (Å²) in [5, 5.41) is 2.93. The van der Waals surface area contributed by atoms with Gasteiger partial charge in [-0.05, 0) is 56.4 Å². The molecule has 0 saturated carbocycles. The topological polar surface area (TPSA) is 90.0 Å². The molecule has 0 bridgehead atoms. The Kier molecular flexibility index (Phi) is 5.67. The highest BCUT2D eigenvalue weighted by Gasteiger charge is 2.31. The van der Waals surface area contributed by atoms with Crippen molar-refractivity contribution in [3.63, 3.8) is 0 Å². The van der Waals surface area contributed by atoms with Crippen molar-refractivity contribution in [3.05, 3.63) is 24.3 Å². The third kappa shape index (κ3) is 4.34. The molecule has 9 heteroatoms. The Labute approximate surface area is 171 Å². The number of nitrogens with one attached hydrogen (secondary N) is 1. The number of amides is 3. The Morgan fingerprint density at radius 3 is 2.07 bits per heavy atom. The van der Waals surface area contributed by atoms with E-state index in [4.69, 9.17) is 0 Å². The lowest BCUT2D eigenvalue weighted by Crippen LogP contribution is -2.47. The van der Waals surface area contributed by atoms with Gasteiger partial charge in [0.25, 0.3) is 0 Å². The summed E-state index contributed by atoms with van der Waals surface area (Å²) in [5.74, 6) is 0.0286. The fourth-order valence-electron chi connectivity index (χ4n) is 4.33. The van der Waals surface area contributed by atoms with E-state index in [1.807, 2.05) is 9.80 Å². The summed E-state index contributed by atoms with van der Waals surface area (Å²) < 4.78 is 25.5. The lowest BCUT2D eigenvalue weighted by molar-refractivity contribution is -0.121. The third-order valence-electron chi connectivity index (χ3n) is 6.03. The van der Waals surface area contributed by atoms with Gasteiger partial charge in [-0.1, -0.05) is 0 Å². The number of benzene rings is 1. The molecular formula is C20H28N4O4S. The second-order valence-electron chi connectivity index (χ2n) is 8.02. The van der Waals surface area contributed by atoms with Gasteiger partial charge in [-0.2, -0.15) is 0 Å². The van der Waals surface area contributed by atoms with Gasteiger partial charge in [-0.15, -0.1) is 0 Å². The van der Waals surface area contributed by atoms with Crippen LogP contribution in [0.1, 0.15) is 32.1 Å². The molecule has 3 saturated heterocycles. The van der Waals surface area contributed by atoms with Crippen LogP contribution in [0.3, 0.4) is 0 Å². The number of hydrogen-bond acceptors (Lipinski definition) is 4. The second-order valence-corrected chi connectivity index (χ2v) is 10.0. The van der Waals surface area contributed by atoms with Gasteiger partial charge in [-0.25, -0.2) is 13.2 Å². The summed E-state index contributed by atoms with van der Waals surface area (Å²) in [6, 6.07) is 7.06. The SMILES string of the molecule is O=C(Nc1ccc(N2CCCS2(=O)=O)cc1)C1CCN(C(=O)N2CCCC2)CC1. The zero-order chi connectivity index (χ0) is 20.4. The minimum absolute atomic E-state index is 0.0418. The normalized spacial score (nSPS) is 22.1. The van der Waals surface area contributed by atoms with Gasteiger partial charge in [0.1, 0.15) is 0 Å². The number of carbonyl (C=O) groups is 2. The molecular weight excluding hydrogens is 392 g/mol. The van der Waals surface area contributed by atoms with E-state index in [0.717, 1.165) is 25.9 Å². The van der Waals surface area contributed by atoms with Crippen LogP contribution >= 0.6 is 0 Å². The van der Waals surface area contributed by atoms with Gasteiger partial charge < -0.3 is 15.1 Å². The first-order valence-corrected chi connectivity index (χ1v) is 12.0. The van der Waals surface area contributed by atoms with Crippen LogP contribution < -0.4 is 9.62 Å². The van der Waals surface area contributed by atoms with E-state index < -0.39 is 10.0 Å². The first-order chi connectivity index (χ1) is 13.9. The monoisotopic (exact) mass is 420 g/mol. The molecule has 1 N–H and O–H groups in total. The summed E-state index contributed by atoms with van der Waals surface area (Å²) in [6.45, 7) is 3.41. The van der Waals surface area contributed by atoms with Gasteiger partial charge in [0, 0.05) is 44.3 Å². The lowest BCUT2D eigenvalue weighted by atomic mass is 9.96. The van der Waals surface area contributed by atoms with E-state index in [1.54, 1.807) is 24.3 Å². The molecule has 1 aromatic carbocycles. The van der Waals surface area contributed by atoms with Crippen molar-refractivity contribution in [2.75, 3.05) is 48.1 Å². The Morgan fingerprint density at radius 2 is 1.48 bits per heavy atom. The standard InChI is InChI=1S/C20H28N4O4S/c25-19(16-8-13-23(14-9-16)20(26)22-10-1-2-11-22)21-17-4-6-18(7-5-17)24-12-3-15-29(24,27)28/h4-7,16H,1-3,8-15H2,(H,21,25). The van der Waals surface area contributed by atoms with E-state index in [0.29, 0.717) is 50.3 Å². The third-order valence-corrected chi connectivity index (χ3v) is 7.90. The fourth-order valence-corrected chi connectivity index (χ4v) is 5.89. The summed E-state index contributed by atoms with van der Waals surface area (Å²) in [4.78, 5) is 28.8. The first-order valence-electron chi connectivity index (χ1n) is 10.4. The summed E-state index contributed by atoms with van der Waals surface area (Å²) >= 11 is 0. The highest BCUT2D eigenvalue weighted by Crippen LogP contribution is 2.26. The minimum Gasteiger partial charge on any atom is -0.326 e. The highest BCUT2D eigenvalue weighted by molar-refractivity contribution is 7.93. The van der Waals surface area contributed by atoms with E-state index >= 15 is 0 Å². The number of carbonyl (C=O) groups excluding carboxylic acids is 2. The molecule has 0 aromatic heterocycles. The molecule has 29 heavy (non-hydrogen) atoms. The largest absolute Gasteiger partial charge is 0.326 e. The summed E-state index contributed by atoms with van der Waals surface area (Å²) in [6.07, 6.45) is 4.12. The quantitative estimate of drug-likeness (QED) is 0.811. The van der Waals surface area contributed by atoms with E-state index in [2.05, 4.69) is 5.32 Å². The Morgan fingerprint density at radius 1 is 0.862 bits per heavy atom. The van der Waals surface area contributed by atoms with Crippen molar-refractivity contribution in [2.45, 2.75) is 32.1 Å². The van der Waals surface area contributed by atoms with Gasteiger partial charge in [0.15, 0.2) is 0 Å². The number of anilines is 2. The van der Waals surface area contributed by atoms with Crippen LogP contribution in [0.4, 0.5) is 16.2 Å². The van der Waals surface area contributed by atoms with Crippen LogP contribution in [0, 0.1) is 5.92 Å². The van der Waals surface area contributed by atoms with Crippen LogP contribution in [0.2, 0.25) is 0 Å². The van der Waals surface area contributed by atoms with Gasteiger partial charge in [0.2, 0.25) is 15.9 Å². The van der Waals surface area contributed by atoms with Gasteiger partial charge >= 0.3 is 6.03 Å². The molecule has 8 nitrogen and oxygen atoms in total. The molecule has 0 aliphatic carbocycles. The molecule has 4 rings (SSSR count). The fraction of sp³-hybridized carbons (Fsp3) is 0.600. The number of nitrogens with zero attached hydrogens (tertiary/aromatic N) is 3. The first kappa shape index (κ1) is 20.0. The molecule has 3 aliphatic heterocycles. The number of urea groups is 1. The maximum Gasteiger partial charge on any atom is 0.319 e. The number of hydrogen-bond donors (Lipinski definition) is 1. The number of likely N-dealkylation sites (tertiary alicyclic amines) is 2. The minimum atomic E-state index is -3.20. The summed E-state index contributed by atoms with van der Waals surface area (Å²) in [7, 11) is -3.20. The van der Waals surface area contributed by atoms with Crippen molar-refractivity contribution < 1.29 is 18.0 Å². The maximum absolute atomic E-state index is 12.6. The molecule has 3 amide bonds. The van der Waals surface area contributed by atoms with Crippen LogP contribution in [-0.4, -0.2) is 68.6 Å². The second kappa shape index (κ2) is 8.22. The van der Waals surface area contributed by atoms with Crippen molar-refractivity contribution in [3.8, 4) is 0 Å². The molecule has 0 unspecified atom stereocenters. The van der Waals surface area contributed by atoms with Crippen molar-refractivity contribution >= 4 is 33.3 Å². The average molecular weight is 421 g/mol. The Balaban J connectivity index is 1.29. The van der Waals surface area contributed by atoms with E-state index in [-0.39, 0.29) is 23.6 Å². The molecule has 0 atom stereocenters. The molecule has 3 aliphatic rings. The van der Waals surface area contributed by atoms with Crippen LogP contribution in [0.15, 0.2) is 24.3 Å². The average Bonchev–Trinajstić information content (AvgIpc) is 3.38. The van der Waals surface area contributed by atoms with E-state index in [9.17, 15) is 18.0 Å². The molecule has 3 heterocycles. The van der Waals surface area contributed by atoms with Crippen LogP contribution in [0.25, 0.3) is 0 Å². The molecule has 3 fully saturated rings.